The van der Waals surface area contributed by atoms with Crippen LogP contribution in [0.5, 0.6) is 5.88 Å². The van der Waals surface area contributed by atoms with Crippen molar-refractivity contribution < 1.29 is 9.90 Å². The van der Waals surface area contributed by atoms with Crippen molar-refractivity contribution in [3.8, 4) is 17.1 Å². The Morgan fingerprint density at radius 1 is 1.06 bits per heavy atom. The van der Waals surface area contributed by atoms with Crippen LogP contribution in [0.25, 0.3) is 11.3 Å². The maximum absolute atomic E-state index is 13.2. The summed E-state index contributed by atoms with van der Waals surface area (Å²) in [5.74, 6) is 0.840. The first kappa shape index (κ1) is 24.3. The van der Waals surface area contributed by atoms with Crippen LogP contribution in [-0.4, -0.2) is 53.2 Å². The number of carbonyl (C=O) groups excluding carboxylic acids is 1. The molecule has 2 aromatic carbocycles. The third-order valence-corrected chi connectivity index (χ3v) is 7.57. The Labute approximate surface area is 205 Å². The van der Waals surface area contributed by atoms with Crippen molar-refractivity contribution in [2.45, 2.75) is 25.7 Å². The molecule has 3 aromatic rings. The summed E-state index contributed by atoms with van der Waals surface area (Å²) in [5, 5.41) is 19.1. The monoisotopic (exact) mass is 476 g/mol. The van der Waals surface area contributed by atoms with Crippen LogP contribution in [0.2, 0.25) is 0 Å². The average molecular weight is 477 g/mol. The largest absolute Gasteiger partial charge is 0.494 e. The predicted octanol–water partition coefficient (Wildman–Crippen LogP) is 5.17. The van der Waals surface area contributed by atoms with E-state index in [0.29, 0.717) is 34.2 Å². The highest BCUT2D eigenvalue weighted by Gasteiger charge is 2.34. The topological polar surface area (TPSA) is 92.2 Å². The van der Waals surface area contributed by atoms with E-state index >= 15 is 0 Å². The van der Waals surface area contributed by atoms with E-state index in [1.165, 1.54) is 0 Å². The molecule has 6 nitrogen and oxygen atoms in total. The highest BCUT2D eigenvalue weighted by molar-refractivity contribution is 7.97. The Bertz CT molecular complexity index is 1200. The molecule has 34 heavy (non-hydrogen) atoms. The number of hydrogen-bond acceptors (Lipinski definition) is 6. The summed E-state index contributed by atoms with van der Waals surface area (Å²) in [5.41, 5.74) is 3.17. The molecule has 0 spiro atoms. The molecule has 2 atom stereocenters. The summed E-state index contributed by atoms with van der Waals surface area (Å²) < 4.78 is 3.48. The lowest BCUT2D eigenvalue weighted by molar-refractivity contribution is 0.103. The summed E-state index contributed by atoms with van der Waals surface area (Å²) in [6.07, 6.45) is 0. The molecule has 7 heteroatoms. The predicted molar refractivity (Wildman–Crippen MR) is 139 cm³/mol. The van der Waals surface area contributed by atoms with Gasteiger partial charge in [-0.25, -0.2) is 0 Å². The molecule has 178 valence electrons. The summed E-state index contributed by atoms with van der Waals surface area (Å²) in [4.78, 5) is 19.6. The first-order valence-corrected chi connectivity index (χ1v) is 12.5. The molecule has 0 amide bonds. The van der Waals surface area contributed by atoms with Crippen molar-refractivity contribution in [1.82, 2.24) is 14.6 Å². The highest BCUT2D eigenvalue weighted by atomic mass is 32.2. The van der Waals surface area contributed by atoms with Gasteiger partial charge in [-0.2, -0.15) is 0 Å². The van der Waals surface area contributed by atoms with Gasteiger partial charge in [0.05, 0.1) is 22.5 Å². The summed E-state index contributed by atoms with van der Waals surface area (Å²) >= 11 is 1.60. The number of nitrogens with zero attached hydrogens (tertiary/aromatic N) is 1. The van der Waals surface area contributed by atoms with Crippen LogP contribution in [0.15, 0.2) is 53.4 Å². The number of nitrogens with one attached hydrogen (secondary N) is 3. The number of carbonyl (C=O) groups is 1. The SMILES string of the molecule is CCN(C)CC(C)C(C)CNSc1ccc(-c2[nH]c(O)c3c2C(=O)c2ccccc2C3=N)cc1. The number of H-pyrrole nitrogens is 1. The number of aromatic nitrogens is 1. The minimum atomic E-state index is -0.176. The lowest BCUT2D eigenvalue weighted by Gasteiger charge is -2.25. The van der Waals surface area contributed by atoms with E-state index < -0.39 is 0 Å². The van der Waals surface area contributed by atoms with Crippen molar-refractivity contribution in [2.75, 3.05) is 26.7 Å². The van der Waals surface area contributed by atoms with Gasteiger partial charge in [0, 0.05) is 29.1 Å². The normalized spacial score (nSPS) is 14.7. The maximum atomic E-state index is 13.2. The molecule has 0 bridgehead atoms. The number of rotatable bonds is 9. The van der Waals surface area contributed by atoms with Crippen LogP contribution in [0.4, 0.5) is 0 Å². The zero-order valence-electron chi connectivity index (χ0n) is 20.1. The Morgan fingerprint density at radius 3 is 2.41 bits per heavy atom. The Morgan fingerprint density at radius 2 is 1.74 bits per heavy atom. The van der Waals surface area contributed by atoms with Gasteiger partial charge in [0.1, 0.15) is 0 Å². The quantitative estimate of drug-likeness (QED) is 0.250. The molecular weight excluding hydrogens is 444 g/mol. The molecule has 2 unspecified atom stereocenters. The fourth-order valence-electron chi connectivity index (χ4n) is 4.29. The molecule has 0 saturated carbocycles. The molecule has 1 aliphatic rings. The summed E-state index contributed by atoms with van der Waals surface area (Å²) in [7, 11) is 2.16. The minimum Gasteiger partial charge on any atom is -0.494 e. The third kappa shape index (κ3) is 4.69. The van der Waals surface area contributed by atoms with Crippen LogP contribution in [0, 0.1) is 17.2 Å². The average Bonchev–Trinajstić information content (AvgIpc) is 3.20. The molecule has 1 aromatic heterocycles. The van der Waals surface area contributed by atoms with Gasteiger partial charge in [-0.05, 0) is 55.1 Å². The maximum Gasteiger partial charge on any atom is 0.199 e. The van der Waals surface area contributed by atoms with Gasteiger partial charge in [0.25, 0.3) is 0 Å². The van der Waals surface area contributed by atoms with E-state index in [-0.39, 0.29) is 22.9 Å². The molecule has 1 aliphatic carbocycles. The lowest BCUT2D eigenvalue weighted by Crippen LogP contribution is -2.30. The molecular formula is C27H32N4O2S. The van der Waals surface area contributed by atoms with E-state index in [1.54, 1.807) is 36.2 Å². The van der Waals surface area contributed by atoms with Crippen molar-refractivity contribution in [3.63, 3.8) is 0 Å². The summed E-state index contributed by atoms with van der Waals surface area (Å²) in [6.45, 7) is 9.82. The van der Waals surface area contributed by atoms with Crippen molar-refractivity contribution in [3.05, 3.63) is 70.8 Å². The van der Waals surface area contributed by atoms with Crippen molar-refractivity contribution in [1.29, 1.82) is 5.41 Å². The smallest absolute Gasteiger partial charge is 0.199 e. The van der Waals surface area contributed by atoms with Gasteiger partial charge in [0.2, 0.25) is 0 Å². The number of benzene rings is 2. The van der Waals surface area contributed by atoms with Crippen LogP contribution >= 0.6 is 11.9 Å². The molecule has 0 radical (unpaired) electrons. The van der Waals surface area contributed by atoms with Crippen LogP contribution < -0.4 is 4.72 Å². The van der Waals surface area contributed by atoms with Crippen LogP contribution in [-0.2, 0) is 0 Å². The summed E-state index contributed by atoms with van der Waals surface area (Å²) in [6, 6.07) is 15.0. The second kappa shape index (κ2) is 10.2. The standard InChI is InChI=1S/C27H32N4O2S/c1-5-31(4)15-17(3)16(2)14-29-34-19-12-10-18(11-13-19)25-23-22(27(33)30-25)24(28)20-8-6-7-9-21(20)26(23)32/h6-13,16-17,28-30,33H,5,14-15H2,1-4H3. The number of aromatic hydroxyl groups is 1. The van der Waals surface area contributed by atoms with E-state index in [4.69, 9.17) is 5.41 Å². The Hall–Kier alpha value is -2.87. The molecule has 1 heterocycles. The van der Waals surface area contributed by atoms with Crippen molar-refractivity contribution >= 4 is 23.4 Å². The zero-order valence-corrected chi connectivity index (χ0v) is 20.9. The minimum absolute atomic E-state index is 0.144. The van der Waals surface area contributed by atoms with E-state index in [1.807, 2.05) is 24.3 Å². The highest BCUT2D eigenvalue weighted by Crippen LogP contribution is 2.39. The molecule has 4 rings (SSSR count). The van der Waals surface area contributed by atoms with Crippen molar-refractivity contribution in [2.24, 2.45) is 11.8 Å². The van der Waals surface area contributed by atoms with E-state index in [2.05, 4.69) is 42.4 Å². The number of hydrogen-bond donors (Lipinski definition) is 4. The molecule has 0 saturated heterocycles. The molecule has 4 N–H and O–H groups in total. The van der Waals surface area contributed by atoms with Crippen LogP contribution in [0.3, 0.4) is 0 Å². The van der Waals surface area contributed by atoms with Gasteiger partial charge in [-0.15, -0.1) is 0 Å². The first-order chi connectivity index (χ1) is 16.3. The van der Waals surface area contributed by atoms with E-state index in [0.717, 1.165) is 30.1 Å². The van der Waals surface area contributed by atoms with Gasteiger partial charge < -0.3 is 15.0 Å². The number of aromatic amines is 1. The van der Waals surface area contributed by atoms with Gasteiger partial charge in [-0.1, -0.05) is 57.2 Å². The van der Waals surface area contributed by atoms with Gasteiger partial charge in [-0.3, -0.25) is 14.9 Å². The molecule has 0 aliphatic heterocycles. The zero-order chi connectivity index (χ0) is 24.4. The second-order valence-electron chi connectivity index (χ2n) is 9.13. The molecule has 0 fully saturated rings. The Balaban J connectivity index is 1.46. The van der Waals surface area contributed by atoms with Gasteiger partial charge >= 0.3 is 0 Å². The first-order valence-electron chi connectivity index (χ1n) is 11.7. The van der Waals surface area contributed by atoms with Gasteiger partial charge in [0.15, 0.2) is 11.7 Å². The number of fused-ring (bicyclic) bond motifs is 2. The Kier molecular flexibility index (Phi) is 7.26. The fourth-order valence-corrected chi connectivity index (χ4v) is 5.08. The fraction of sp³-hybridized carbons (Fsp3) is 0.333. The third-order valence-electron chi connectivity index (χ3n) is 6.75. The second-order valence-corrected chi connectivity index (χ2v) is 10.1. The lowest BCUT2D eigenvalue weighted by atomic mass is 9.84. The van der Waals surface area contributed by atoms with Crippen LogP contribution in [0.1, 0.15) is 47.8 Å². The number of ketones is 1. The van der Waals surface area contributed by atoms with E-state index in [9.17, 15) is 9.90 Å².